The van der Waals surface area contributed by atoms with Crippen molar-refractivity contribution in [3.8, 4) is 22.5 Å². The van der Waals surface area contributed by atoms with Crippen LogP contribution in [-0.4, -0.2) is 9.13 Å². The minimum Gasteiger partial charge on any atom is -0.309 e. The fourth-order valence-corrected chi connectivity index (χ4v) is 10.1. The molecule has 1 saturated carbocycles. The third kappa shape index (κ3) is 5.31. The van der Waals surface area contributed by atoms with Crippen LogP contribution in [0.1, 0.15) is 61.6 Å². The Hall–Kier alpha value is -6.38. The number of hydrogen-bond donors (Lipinski definition) is 0. The number of hydrogen-bond acceptors (Lipinski definition) is 0. The van der Waals surface area contributed by atoms with E-state index in [1.807, 2.05) is 0 Å². The first kappa shape index (κ1) is 33.0. The second-order valence-electron chi connectivity index (χ2n) is 15.9. The molecule has 9 aromatic rings. The molecule has 7 aromatic carbocycles. The second-order valence-corrected chi connectivity index (χ2v) is 15.9. The van der Waals surface area contributed by atoms with Crippen LogP contribution in [0.4, 0.5) is 0 Å². The Balaban J connectivity index is 0.974. The van der Waals surface area contributed by atoms with Crippen LogP contribution in [0.15, 0.2) is 182 Å². The van der Waals surface area contributed by atoms with E-state index in [-0.39, 0.29) is 5.41 Å². The van der Waals surface area contributed by atoms with Crippen LogP contribution in [0.2, 0.25) is 0 Å². The summed E-state index contributed by atoms with van der Waals surface area (Å²) in [4.78, 5) is 0. The molecule has 0 unspecified atom stereocenters. The highest BCUT2D eigenvalue weighted by Crippen LogP contribution is 2.46. The molecular formula is C54H44N2. The predicted octanol–water partition coefficient (Wildman–Crippen LogP) is 14.5. The van der Waals surface area contributed by atoms with Gasteiger partial charge in [0.25, 0.3) is 0 Å². The Morgan fingerprint density at radius 2 is 0.911 bits per heavy atom. The third-order valence-electron chi connectivity index (χ3n) is 12.8. The van der Waals surface area contributed by atoms with Gasteiger partial charge < -0.3 is 9.13 Å². The number of allylic oxidation sites excluding steroid dienone is 4. The highest BCUT2D eigenvalue weighted by atomic mass is 15.0. The Morgan fingerprint density at radius 3 is 1.48 bits per heavy atom. The number of para-hydroxylation sites is 2. The number of rotatable bonds is 6. The van der Waals surface area contributed by atoms with Crippen LogP contribution < -0.4 is 0 Å². The molecule has 2 heteroatoms. The summed E-state index contributed by atoms with van der Waals surface area (Å²) in [6.45, 7) is 0. The Labute approximate surface area is 328 Å². The number of aromatic nitrogens is 2. The molecule has 270 valence electrons. The van der Waals surface area contributed by atoms with Gasteiger partial charge >= 0.3 is 0 Å². The van der Waals surface area contributed by atoms with E-state index in [0.29, 0.717) is 0 Å². The van der Waals surface area contributed by atoms with Gasteiger partial charge in [0.1, 0.15) is 0 Å². The molecule has 2 aliphatic carbocycles. The van der Waals surface area contributed by atoms with Gasteiger partial charge in [-0.2, -0.15) is 0 Å². The van der Waals surface area contributed by atoms with Gasteiger partial charge in [-0.05, 0) is 120 Å². The van der Waals surface area contributed by atoms with Gasteiger partial charge in [0.05, 0.1) is 22.1 Å². The first-order chi connectivity index (χ1) is 27.7. The topological polar surface area (TPSA) is 9.86 Å². The second kappa shape index (κ2) is 13.4. The fraction of sp³-hybridized carbons (Fsp3) is 0.148. The van der Waals surface area contributed by atoms with Gasteiger partial charge in [-0.1, -0.05) is 141 Å². The lowest BCUT2D eigenvalue weighted by molar-refractivity contribution is 0.346. The van der Waals surface area contributed by atoms with Gasteiger partial charge in [0.2, 0.25) is 0 Å². The van der Waals surface area contributed by atoms with Gasteiger partial charge in [-0.25, -0.2) is 0 Å². The molecule has 0 amide bonds. The molecule has 0 radical (unpaired) electrons. The predicted molar refractivity (Wildman–Crippen MR) is 237 cm³/mol. The molecule has 0 saturated heterocycles. The SMILES string of the molecule is C1=CC(c2ccc3c(c2)c2ccccc2n3-c2ccc(C3(c4ccc(-n5c6ccccc6c6cc(-c7ccccc7)ccc65)cc4)CCCCC3)cc2)=CCC1. The van der Waals surface area contributed by atoms with Gasteiger partial charge in [0.15, 0.2) is 0 Å². The van der Waals surface area contributed by atoms with Crippen molar-refractivity contribution in [3.05, 3.63) is 199 Å². The molecule has 2 nitrogen and oxygen atoms in total. The van der Waals surface area contributed by atoms with Crippen molar-refractivity contribution in [2.75, 3.05) is 0 Å². The zero-order valence-electron chi connectivity index (χ0n) is 31.7. The van der Waals surface area contributed by atoms with E-state index < -0.39 is 0 Å². The summed E-state index contributed by atoms with van der Waals surface area (Å²) in [5, 5.41) is 5.19. The molecule has 0 atom stereocenters. The number of fused-ring (bicyclic) bond motifs is 6. The summed E-state index contributed by atoms with van der Waals surface area (Å²) in [6, 6.07) is 61.6. The Morgan fingerprint density at radius 1 is 0.393 bits per heavy atom. The molecule has 2 aromatic heterocycles. The normalized spacial score (nSPS) is 15.5. The van der Waals surface area contributed by atoms with Crippen molar-refractivity contribution in [1.29, 1.82) is 0 Å². The maximum Gasteiger partial charge on any atom is 0.0541 e. The molecule has 2 aliphatic rings. The molecule has 0 aliphatic heterocycles. The van der Waals surface area contributed by atoms with Gasteiger partial charge in [-0.15, -0.1) is 0 Å². The first-order valence-electron chi connectivity index (χ1n) is 20.5. The fourth-order valence-electron chi connectivity index (χ4n) is 10.1. The van der Waals surface area contributed by atoms with Crippen LogP contribution in [0.25, 0.3) is 71.7 Å². The molecule has 0 N–H and O–H groups in total. The highest BCUT2D eigenvalue weighted by Gasteiger charge is 2.36. The maximum absolute atomic E-state index is 2.46. The van der Waals surface area contributed by atoms with E-state index in [0.717, 1.165) is 12.8 Å². The first-order valence-corrected chi connectivity index (χ1v) is 20.5. The molecule has 11 rings (SSSR count). The van der Waals surface area contributed by atoms with E-state index >= 15 is 0 Å². The van der Waals surface area contributed by atoms with E-state index in [1.165, 1.54) is 120 Å². The van der Waals surface area contributed by atoms with Crippen molar-refractivity contribution >= 4 is 49.2 Å². The van der Waals surface area contributed by atoms with Crippen LogP contribution in [0, 0.1) is 0 Å². The smallest absolute Gasteiger partial charge is 0.0541 e. The summed E-state index contributed by atoms with van der Waals surface area (Å²) in [7, 11) is 0. The third-order valence-corrected chi connectivity index (χ3v) is 12.8. The summed E-state index contributed by atoms with van der Waals surface area (Å²) in [5.41, 5.74) is 15.4. The molecule has 0 bridgehead atoms. The van der Waals surface area contributed by atoms with E-state index in [2.05, 4.69) is 191 Å². The Bertz CT molecular complexity index is 2960. The van der Waals surface area contributed by atoms with E-state index in [4.69, 9.17) is 0 Å². The summed E-state index contributed by atoms with van der Waals surface area (Å²) >= 11 is 0. The lowest BCUT2D eigenvalue weighted by Gasteiger charge is -2.39. The minimum atomic E-state index is -0.00230. The molecule has 0 spiro atoms. The van der Waals surface area contributed by atoms with Crippen LogP contribution >= 0.6 is 0 Å². The minimum absolute atomic E-state index is 0.00230. The lowest BCUT2D eigenvalue weighted by atomic mass is 9.65. The van der Waals surface area contributed by atoms with Crippen molar-refractivity contribution in [3.63, 3.8) is 0 Å². The van der Waals surface area contributed by atoms with Crippen LogP contribution in [0.3, 0.4) is 0 Å². The van der Waals surface area contributed by atoms with Crippen molar-refractivity contribution in [2.45, 2.75) is 50.4 Å². The highest BCUT2D eigenvalue weighted by molar-refractivity contribution is 6.11. The van der Waals surface area contributed by atoms with Crippen molar-refractivity contribution in [2.24, 2.45) is 0 Å². The number of nitrogens with zero attached hydrogens (tertiary/aromatic N) is 2. The quantitative estimate of drug-likeness (QED) is 0.162. The van der Waals surface area contributed by atoms with Crippen molar-refractivity contribution < 1.29 is 0 Å². The molecule has 2 heterocycles. The monoisotopic (exact) mass is 720 g/mol. The van der Waals surface area contributed by atoms with Crippen LogP contribution in [0.5, 0.6) is 0 Å². The molecule has 56 heavy (non-hydrogen) atoms. The van der Waals surface area contributed by atoms with E-state index in [1.54, 1.807) is 0 Å². The van der Waals surface area contributed by atoms with Crippen molar-refractivity contribution in [1.82, 2.24) is 9.13 Å². The van der Waals surface area contributed by atoms with E-state index in [9.17, 15) is 0 Å². The largest absolute Gasteiger partial charge is 0.309 e. The maximum atomic E-state index is 2.46. The van der Waals surface area contributed by atoms with Gasteiger partial charge in [0, 0.05) is 38.3 Å². The summed E-state index contributed by atoms with van der Waals surface area (Å²) in [6.07, 6.45) is 15.3. The summed E-state index contributed by atoms with van der Waals surface area (Å²) < 4.78 is 4.91. The molecular weight excluding hydrogens is 677 g/mol. The standard InChI is InChI=1S/C54H44N2/c1-4-14-38(15-5-1)40-22-32-52-48(36-40)46-18-8-10-20-50(46)55(52)44-28-24-42(25-29-44)54(34-12-3-13-35-54)43-26-30-45(31-27-43)56-51-21-11-9-19-47(51)49-37-41(23-33-53(49)56)39-16-6-2-7-17-39/h1,4-6,8-11,14-33,36-37H,2-3,7,12-13,34-35H2. The van der Waals surface area contributed by atoms with Crippen LogP contribution in [-0.2, 0) is 5.41 Å². The lowest BCUT2D eigenvalue weighted by Crippen LogP contribution is -2.30. The zero-order chi connectivity index (χ0) is 37.1. The molecule has 1 fully saturated rings. The average Bonchev–Trinajstić information content (AvgIpc) is 3.79. The average molecular weight is 721 g/mol. The Kier molecular flexibility index (Phi) is 7.91. The summed E-state index contributed by atoms with van der Waals surface area (Å²) in [5.74, 6) is 0. The van der Waals surface area contributed by atoms with Gasteiger partial charge in [-0.3, -0.25) is 0 Å². The number of benzene rings is 7. The zero-order valence-corrected chi connectivity index (χ0v) is 31.7.